The molecule has 2 heteroatoms. The molecule has 14 heavy (non-hydrogen) atoms. The number of hydrogen-bond acceptors (Lipinski definition) is 2. The molecule has 1 atom stereocenters. The van der Waals surface area contributed by atoms with Gasteiger partial charge >= 0.3 is 0 Å². The second kappa shape index (κ2) is 4.58. The van der Waals surface area contributed by atoms with E-state index in [1.165, 1.54) is 0 Å². The summed E-state index contributed by atoms with van der Waals surface area (Å²) in [5.41, 5.74) is 0.215. The lowest BCUT2D eigenvalue weighted by atomic mass is 9.97. The first-order valence-corrected chi connectivity index (χ1v) is 4.94. The van der Waals surface area contributed by atoms with Gasteiger partial charge in [0.25, 0.3) is 0 Å². The first kappa shape index (κ1) is 11.2. The Hall–Kier alpha value is -0.860. The van der Waals surface area contributed by atoms with E-state index in [9.17, 15) is 10.2 Å². The van der Waals surface area contributed by atoms with Crippen molar-refractivity contribution in [2.45, 2.75) is 38.4 Å². The van der Waals surface area contributed by atoms with Gasteiger partial charge in [0.2, 0.25) is 0 Å². The second-order valence-electron chi connectivity index (χ2n) is 4.28. The van der Waals surface area contributed by atoms with Crippen LogP contribution in [-0.2, 0) is 0 Å². The monoisotopic (exact) mass is 194 g/mol. The van der Waals surface area contributed by atoms with Crippen molar-refractivity contribution in [3.8, 4) is 0 Å². The molecule has 78 valence electrons. The van der Waals surface area contributed by atoms with E-state index >= 15 is 0 Å². The summed E-state index contributed by atoms with van der Waals surface area (Å²) < 4.78 is 0. The quantitative estimate of drug-likeness (QED) is 0.772. The van der Waals surface area contributed by atoms with Crippen molar-refractivity contribution >= 4 is 0 Å². The van der Waals surface area contributed by atoms with E-state index in [2.05, 4.69) is 0 Å². The average molecular weight is 194 g/mol. The molecule has 0 saturated heterocycles. The van der Waals surface area contributed by atoms with Crippen LogP contribution in [0, 0.1) is 0 Å². The Morgan fingerprint density at radius 1 is 1.21 bits per heavy atom. The fourth-order valence-electron chi connectivity index (χ4n) is 1.33. The summed E-state index contributed by atoms with van der Waals surface area (Å²) in [6.45, 7) is 3.51. The highest BCUT2D eigenvalue weighted by Crippen LogP contribution is 2.21. The maximum atomic E-state index is 9.77. The van der Waals surface area contributed by atoms with E-state index in [-0.39, 0.29) is 0 Å². The molecule has 0 aromatic heterocycles. The van der Waals surface area contributed by atoms with E-state index in [0.717, 1.165) is 5.56 Å². The number of hydrogen-bond donors (Lipinski definition) is 2. The highest BCUT2D eigenvalue weighted by atomic mass is 16.3. The summed E-state index contributed by atoms with van der Waals surface area (Å²) in [4.78, 5) is 0. The van der Waals surface area contributed by atoms with Crippen molar-refractivity contribution < 1.29 is 10.2 Å². The van der Waals surface area contributed by atoms with Gasteiger partial charge in [0.15, 0.2) is 0 Å². The van der Waals surface area contributed by atoms with E-state index in [4.69, 9.17) is 0 Å². The van der Waals surface area contributed by atoms with Crippen molar-refractivity contribution in [1.29, 1.82) is 0 Å². The minimum atomic E-state index is -0.699. The first-order chi connectivity index (χ1) is 6.49. The zero-order valence-corrected chi connectivity index (χ0v) is 8.77. The third-order valence-corrected chi connectivity index (χ3v) is 2.21. The summed E-state index contributed by atoms with van der Waals surface area (Å²) in [5, 5.41) is 19.3. The molecule has 0 fully saturated rings. The summed E-state index contributed by atoms with van der Waals surface area (Å²) >= 11 is 0. The molecular weight excluding hydrogens is 176 g/mol. The van der Waals surface area contributed by atoms with Crippen LogP contribution < -0.4 is 0 Å². The molecule has 0 aliphatic carbocycles. The molecule has 1 rings (SSSR count). The fourth-order valence-corrected chi connectivity index (χ4v) is 1.33. The van der Waals surface area contributed by atoms with Gasteiger partial charge in [0, 0.05) is 0 Å². The van der Waals surface area contributed by atoms with Gasteiger partial charge < -0.3 is 10.2 Å². The van der Waals surface area contributed by atoms with Gasteiger partial charge in [-0.05, 0) is 32.3 Å². The molecule has 0 heterocycles. The van der Waals surface area contributed by atoms with Gasteiger partial charge in [0.05, 0.1) is 11.7 Å². The molecule has 0 aliphatic rings. The van der Waals surface area contributed by atoms with Gasteiger partial charge in [-0.25, -0.2) is 0 Å². The smallest absolute Gasteiger partial charge is 0.0791 e. The van der Waals surface area contributed by atoms with Gasteiger partial charge in [-0.2, -0.15) is 0 Å². The molecule has 2 nitrogen and oxygen atoms in total. The summed E-state index contributed by atoms with van der Waals surface area (Å²) in [7, 11) is 0. The molecule has 1 aromatic carbocycles. The summed E-state index contributed by atoms with van der Waals surface area (Å²) in [6, 6.07) is 9.53. The Kier molecular flexibility index (Phi) is 3.67. The largest absolute Gasteiger partial charge is 0.390 e. The van der Waals surface area contributed by atoms with Gasteiger partial charge in [0.1, 0.15) is 0 Å². The number of aliphatic hydroxyl groups is 2. The zero-order chi connectivity index (χ0) is 10.6. The molecule has 0 saturated carbocycles. The molecular formula is C12H18O2. The lowest BCUT2D eigenvalue weighted by molar-refractivity contribution is 0.0485. The average Bonchev–Trinajstić information content (AvgIpc) is 2.14. The van der Waals surface area contributed by atoms with Gasteiger partial charge in [-0.1, -0.05) is 30.3 Å². The topological polar surface area (TPSA) is 40.5 Å². The minimum Gasteiger partial charge on any atom is -0.390 e. The zero-order valence-electron chi connectivity index (χ0n) is 8.77. The molecule has 1 aromatic rings. The van der Waals surface area contributed by atoms with Gasteiger partial charge in [-0.3, -0.25) is 0 Å². The van der Waals surface area contributed by atoms with E-state index in [1.807, 2.05) is 30.3 Å². The third-order valence-electron chi connectivity index (χ3n) is 2.21. The van der Waals surface area contributed by atoms with Crippen LogP contribution in [0.3, 0.4) is 0 Å². The maximum absolute atomic E-state index is 9.77. The van der Waals surface area contributed by atoms with Crippen LogP contribution in [0.2, 0.25) is 0 Å². The molecule has 0 spiro atoms. The Morgan fingerprint density at radius 3 is 2.29 bits per heavy atom. The molecule has 0 aliphatic heterocycles. The van der Waals surface area contributed by atoms with Crippen LogP contribution in [0.5, 0.6) is 0 Å². The van der Waals surface area contributed by atoms with Crippen molar-refractivity contribution in [3.63, 3.8) is 0 Å². The normalized spacial score (nSPS) is 14.0. The lowest BCUT2D eigenvalue weighted by Gasteiger charge is -2.19. The Balaban J connectivity index is 2.48. The second-order valence-corrected chi connectivity index (χ2v) is 4.28. The van der Waals surface area contributed by atoms with Crippen molar-refractivity contribution in [3.05, 3.63) is 35.9 Å². The van der Waals surface area contributed by atoms with Crippen LogP contribution in [0.25, 0.3) is 0 Å². The maximum Gasteiger partial charge on any atom is 0.0791 e. The van der Waals surface area contributed by atoms with Crippen LogP contribution in [0.15, 0.2) is 30.3 Å². The number of rotatable bonds is 4. The summed E-state index contributed by atoms with van der Waals surface area (Å²) in [6.07, 6.45) is 0.721. The Labute approximate surface area is 85.2 Å². The highest BCUT2D eigenvalue weighted by molar-refractivity contribution is 5.17. The van der Waals surface area contributed by atoms with Crippen LogP contribution in [0.1, 0.15) is 38.4 Å². The molecule has 0 bridgehead atoms. The van der Waals surface area contributed by atoms with E-state index in [1.54, 1.807) is 13.8 Å². The SMILES string of the molecule is CC(C)(O)CCC(O)c1ccccc1. The predicted octanol–water partition coefficient (Wildman–Crippen LogP) is 2.27. The molecule has 0 amide bonds. The van der Waals surface area contributed by atoms with Crippen LogP contribution in [-0.4, -0.2) is 15.8 Å². The van der Waals surface area contributed by atoms with Crippen molar-refractivity contribution in [2.75, 3.05) is 0 Å². The summed E-state index contributed by atoms with van der Waals surface area (Å²) in [5.74, 6) is 0. The fraction of sp³-hybridized carbons (Fsp3) is 0.500. The van der Waals surface area contributed by atoms with Crippen LogP contribution in [0.4, 0.5) is 0 Å². The predicted molar refractivity (Wildman–Crippen MR) is 56.9 cm³/mol. The standard InChI is InChI=1S/C12H18O2/c1-12(2,14)9-8-11(13)10-6-4-3-5-7-10/h3-7,11,13-14H,8-9H2,1-2H3. The number of benzene rings is 1. The molecule has 2 N–H and O–H groups in total. The van der Waals surface area contributed by atoms with Crippen LogP contribution >= 0.6 is 0 Å². The number of aliphatic hydroxyl groups excluding tert-OH is 1. The van der Waals surface area contributed by atoms with E-state index < -0.39 is 11.7 Å². The van der Waals surface area contributed by atoms with Gasteiger partial charge in [-0.15, -0.1) is 0 Å². The minimum absolute atomic E-state index is 0.470. The Morgan fingerprint density at radius 2 is 1.79 bits per heavy atom. The molecule has 0 radical (unpaired) electrons. The van der Waals surface area contributed by atoms with Crippen molar-refractivity contribution in [2.24, 2.45) is 0 Å². The van der Waals surface area contributed by atoms with E-state index in [0.29, 0.717) is 12.8 Å². The first-order valence-electron chi connectivity index (χ1n) is 4.94. The lowest BCUT2D eigenvalue weighted by Crippen LogP contribution is -2.19. The highest BCUT2D eigenvalue weighted by Gasteiger charge is 2.15. The third kappa shape index (κ3) is 3.90. The molecule has 1 unspecified atom stereocenters. The Bertz CT molecular complexity index is 261. The van der Waals surface area contributed by atoms with Crippen molar-refractivity contribution in [1.82, 2.24) is 0 Å².